The van der Waals surface area contributed by atoms with E-state index in [2.05, 4.69) is 9.71 Å². The highest BCUT2D eigenvalue weighted by molar-refractivity contribution is 7.89. The highest BCUT2D eigenvalue weighted by atomic mass is 32.2. The second kappa shape index (κ2) is 7.18. The van der Waals surface area contributed by atoms with Gasteiger partial charge >= 0.3 is 0 Å². The van der Waals surface area contributed by atoms with Gasteiger partial charge in [-0.25, -0.2) is 13.1 Å². The predicted octanol–water partition coefficient (Wildman–Crippen LogP) is 1.98. The fraction of sp³-hybridized carbons (Fsp3) is 0.400. The minimum atomic E-state index is -3.60. The number of carbonyl (C=O) groups excluding carboxylic acids is 1. The Morgan fingerprint density at radius 1 is 1.29 bits per heavy atom. The summed E-state index contributed by atoms with van der Waals surface area (Å²) in [5.41, 5.74) is 1.54. The van der Waals surface area contributed by atoms with E-state index >= 15 is 0 Å². The van der Waals surface area contributed by atoms with Crippen LogP contribution in [0.4, 0.5) is 0 Å². The van der Waals surface area contributed by atoms with Crippen molar-refractivity contribution in [2.45, 2.75) is 36.7 Å². The molecule has 2 bridgehead atoms. The maximum atomic E-state index is 13.0. The van der Waals surface area contributed by atoms with Crippen LogP contribution in [-0.2, 0) is 10.0 Å². The van der Waals surface area contributed by atoms with Crippen molar-refractivity contribution in [1.29, 1.82) is 0 Å². The molecule has 1 saturated carbocycles. The SMILES string of the molecule is COc1ccc(C(=O)N2CC3CC2CC3NS(=O)(=O)c2cccnc2)c(C)c1. The summed E-state index contributed by atoms with van der Waals surface area (Å²) in [5.74, 6) is 0.849. The molecule has 148 valence electrons. The van der Waals surface area contributed by atoms with E-state index in [4.69, 9.17) is 4.74 Å². The predicted molar refractivity (Wildman–Crippen MR) is 104 cm³/mol. The number of fused-ring (bicyclic) bond motifs is 2. The monoisotopic (exact) mass is 401 g/mol. The molecule has 7 nitrogen and oxygen atoms in total. The zero-order valence-electron chi connectivity index (χ0n) is 15.8. The van der Waals surface area contributed by atoms with Gasteiger partial charge in [0.05, 0.1) is 7.11 Å². The first-order valence-corrected chi connectivity index (χ1v) is 10.8. The third-order valence-corrected chi connectivity index (χ3v) is 7.19. The van der Waals surface area contributed by atoms with Crippen LogP contribution in [0.25, 0.3) is 0 Å². The molecule has 1 aromatic heterocycles. The zero-order chi connectivity index (χ0) is 19.9. The molecule has 0 spiro atoms. The number of ether oxygens (including phenoxy) is 1. The van der Waals surface area contributed by atoms with Crippen LogP contribution in [0.2, 0.25) is 0 Å². The molecule has 1 aromatic carbocycles. The van der Waals surface area contributed by atoms with Gasteiger partial charge in [0.1, 0.15) is 10.6 Å². The summed E-state index contributed by atoms with van der Waals surface area (Å²) < 4.78 is 33.1. The molecular formula is C20H23N3O4S. The maximum Gasteiger partial charge on any atom is 0.254 e. The van der Waals surface area contributed by atoms with Gasteiger partial charge in [0.25, 0.3) is 5.91 Å². The Hall–Kier alpha value is -2.45. The number of methoxy groups -OCH3 is 1. The van der Waals surface area contributed by atoms with E-state index in [1.165, 1.54) is 12.3 Å². The molecule has 1 amide bonds. The Morgan fingerprint density at radius 2 is 2.11 bits per heavy atom. The first kappa shape index (κ1) is 18.9. The first-order valence-electron chi connectivity index (χ1n) is 9.27. The van der Waals surface area contributed by atoms with Crippen LogP contribution in [0, 0.1) is 12.8 Å². The summed E-state index contributed by atoms with van der Waals surface area (Å²) in [7, 11) is -2.00. The van der Waals surface area contributed by atoms with E-state index in [1.807, 2.05) is 17.9 Å². The summed E-state index contributed by atoms with van der Waals surface area (Å²) in [4.78, 5) is 18.9. The van der Waals surface area contributed by atoms with Crippen molar-refractivity contribution in [3.05, 3.63) is 53.9 Å². The molecule has 4 rings (SSSR count). The minimum absolute atomic E-state index is 0.00113. The molecule has 1 aliphatic heterocycles. The van der Waals surface area contributed by atoms with Gasteiger partial charge in [-0.3, -0.25) is 9.78 Å². The van der Waals surface area contributed by atoms with Crippen LogP contribution >= 0.6 is 0 Å². The number of carbonyl (C=O) groups is 1. The minimum Gasteiger partial charge on any atom is -0.497 e. The average Bonchev–Trinajstić information content (AvgIpc) is 3.28. The number of rotatable bonds is 5. The van der Waals surface area contributed by atoms with Gasteiger partial charge < -0.3 is 9.64 Å². The number of nitrogens with one attached hydrogen (secondary N) is 1. The molecule has 2 aromatic rings. The van der Waals surface area contributed by atoms with Crippen molar-refractivity contribution in [2.24, 2.45) is 5.92 Å². The maximum absolute atomic E-state index is 13.0. The number of aryl methyl sites for hydroxylation is 1. The number of amides is 1. The molecule has 1 aliphatic carbocycles. The molecular weight excluding hydrogens is 378 g/mol. The van der Waals surface area contributed by atoms with Gasteiger partial charge in [-0.15, -0.1) is 0 Å². The Balaban J connectivity index is 1.45. The highest BCUT2D eigenvalue weighted by Gasteiger charge is 2.47. The van der Waals surface area contributed by atoms with Crippen LogP contribution < -0.4 is 9.46 Å². The average molecular weight is 401 g/mol. The second-order valence-electron chi connectivity index (χ2n) is 7.44. The number of hydrogen-bond acceptors (Lipinski definition) is 5. The van der Waals surface area contributed by atoms with E-state index in [1.54, 1.807) is 31.5 Å². The summed E-state index contributed by atoms with van der Waals surface area (Å²) in [6.07, 6.45) is 4.34. The van der Waals surface area contributed by atoms with Gasteiger partial charge in [0.15, 0.2) is 0 Å². The van der Waals surface area contributed by atoms with Gasteiger partial charge in [0.2, 0.25) is 10.0 Å². The van der Waals surface area contributed by atoms with Crippen molar-refractivity contribution in [3.63, 3.8) is 0 Å². The fourth-order valence-electron chi connectivity index (χ4n) is 4.28. The third-order valence-electron chi connectivity index (χ3n) is 5.72. The van der Waals surface area contributed by atoms with Gasteiger partial charge in [-0.2, -0.15) is 0 Å². The van der Waals surface area contributed by atoms with Crippen LogP contribution in [0.1, 0.15) is 28.8 Å². The molecule has 1 N–H and O–H groups in total. The van der Waals surface area contributed by atoms with Gasteiger partial charge in [0, 0.05) is 36.6 Å². The molecule has 0 radical (unpaired) electrons. The quantitative estimate of drug-likeness (QED) is 0.828. The van der Waals surface area contributed by atoms with Gasteiger partial charge in [-0.05, 0) is 61.6 Å². The van der Waals surface area contributed by atoms with Crippen molar-refractivity contribution in [3.8, 4) is 5.75 Å². The Bertz CT molecular complexity index is 994. The topological polar surface area (TPSA) is 88.6 Å². The Kier molecular flexibility index (Phi) is 4.84. The molecule has 2 fully saturated rings. The standard InChI is InChI=1S/C20H23N3O4S/c1-13-8-16(27-2)5-6-18(13)20(24)23-12-14-9-15(23)10-19(14)22-28(25,26)17-4-3-7-21-11-17/h3-8,11,14-15,19,22H,9-10,12H2,1-2H3. The second-order valence-corrected chi connectivity index (χ2v) is 9.15. The van der Waals surface area contributed by atoms with E-state index in [0.29, 0.717) is 18.5 Å². The van der Waals surface area contributed by atoms with Crippen molar-refractivity contribution < 1.29 is 17.9 Å². The highest BCUT2D eigenvalue weighted by Crippen LogP contribution is 2.39. The van der Waals surface area contributed by atoms with E-state index in [9.17, 15) is 13.2 Å². The van der Waals surface area contributed by atoms with E-state index in [-0.39, 0.29) is 28.8 Å². The van der Waals surface area contributed by atoms with E-state index in [0.717, 1.165) is 17.7 Å². The number of benzene rings is 1. The fourth-order valence-corrected chi connectivity index (χ4v) is 5.56. The molecule has 3 unspecified atom stereocenters. The largest absolute Gasteiger partial charge is 0.497 e. The number of nitrogens with zero attached hydrogens (tertiary/aromatic N) is 2. The number of aromatic nitrogens is 1. The third kappa shape index (κ3) is 3.38. The smallest absolute Gasteiger partial charge is 0.254 e. The lowest BCUT2D eigenvalue weighted by molar-refractivity contribution is 0.0690. The van der Waals surface area contributed by atoms with Crippen molar-refractivity contribution >= 4 is 15.9 Å². The molecule has 28 heavy (non-hydrogen) atoms. The Labute approximate surface area is 164 Å². The molecule has 8 heteroatoms. The number of piperidine rings is 1. The number of pyridine rings is 1. The summed E-state index contributed by atoms with van der Waals surface area (Å²) >= 11 is 0. The van der Waals surface area contributed by atoms with Gasteiger partial charge in [-0.1, -0.05) is 0 Å². The molecule has 2 heterocycles. The normalized spacial score (nSPS) is 23.8. The van der Waals surface area contributed by atoms with E-state index < -0.39 is 10.0 Å². The zero-order valence-corrected chi connectivity index (χ0v) is 16.6. The Morgan fingerprint density at radius 3 is 2.71 bits per heavy atom. The summed E-state index contributed by atoms with van der Waals surface area (Å²) in [6.45, 7) is 2.46. The molecule has 1 saturated heterocycles. The summed E-state index contributed by atoms with van der Waals surface area (Å²) in [5, 5.41) is 0. The number of hydrogen-bond donors (Lipinski definition) is 1. The van der Waals surface area contributed by atoms with Crippen LogP contribution in [0.15, 0.2) is 47.6 Å². The number of likely N-dealkylation sites (tertiary alicyclic amines) is 1. The van der Waals surface area contributed by atoms with Crippen LogP contribution in [-0.4, -0.2) is 49.9 Å². The molecule has 3 atom stereocenters. The lowest BCUT2D eigenvalue weighted by Gasteiger charge is -2.32. The van der Waals surface area contributed by atoms with Crippen LogP contribution in [0.5, 0.6) is 5.75 Å². The lowest BCUT2D eigenvalue weighted by atomic mass is 10.0. The van der Waals surface area contributed by atoms with Crippen molar-refractivity contribution in [2.75, 3.05) is 13.7 Å². The number of sulfonamides is 1. The molecule has 2 aliphatic rings. The summed E-state index contributed by atoms with van der Waals surface area (Å²) in [6, 6.07) is 8.48. The van der Waals surface area contributed by atoms with Crippen molar-refractivity contribution in [1.82, 2.24) is 14.6 Å². The van der Waals surface area contributed by atoms with Crippen LogP contribution in [0.3, 0.4) is 0 Å². The lowest BCUT2D eigenvalue weighted by Crippen LogP contribution is -2.47. The first-order chi connectivity index (χ1) is 13.4.